The molecule has 2 aromatic carbocycles. The maximum atomic E-state index is 12.7. The van der Waals surface area contributed by atoms with Gasteiger partial charge in [-0.3, -0.25) is 25.1 Å². The number of nitro benzene ring substituents is 1. The van der Waals surface area contributed by atoms with Crippen molar-refractivity contribution in [2.45, 2.75) is 0 Å². The van der Waals surface area contributed by atoms with Crippen LogP contribution < -0.4 is 11.0 Å². The zero-order valence-electron chi connectivity index (χ0n) is 14.5. The molecule has 0 saturated heterocycles. The Balaban J connectivity index is 1.65. The summed E-state index contributed by atoms with van der Waals surface area (Å²) < 4.78 is 2.39. The minimum absolute atomic E-state index is 0.143. The number of nitrogens with one attached hydrogen (secondary N) is 1. The molecular formula is C18H11ClN6O4. The highest BCUT2D eigenvalue weighted by Crippen LogP contribution is 2.17. The molecule has 0 aliphatic rings. The van der Waals surface area contributed by atoms with Crippen molar-refractivity contribution in [1.82, 2.24) is 19.4 Å². The van der Waals surface area contributed by atoms with Crippen molar-refractivity contribution in [3.05, 3.63) is 92.1 Å². The Morgan fingerprint density at radius 3 is 2.62 bits per heavy atom. The summed E-state index contributed by atoms with van der Waals surface area (Å²) in [5, 5.41) is 15.6. The van der Waals surface area contributed by atoms with Gasteiger partial charge in [-0.2, -0.15) is 5.10 Å². The number of fused-ring (bicyclic) bond motifs is 1. The maximum Gasteiger partial charge on any atom is 0.283 e. The summed E-state index contributed by atoms with van der Waals surface area (Å²) in [6, 6.07) is 11.9. The van der Waals surface area contributed by atoms with Gasteiger partial charge in [0.15, 0.2) is 5.65 Å². The number of halogens is 1. The van der Waals surface area contributed by atoms with E-state index < -0.39 is 16.4 Å². The van der Waals surface area contributed by atoms with E-state index in [0.717, 1.165) is 11.0 Å². The summed E-state index contributed by atoms with van der Waals surface area (Å²) in [6.07, 6.45) is 2.51. The van der Waals surface area contributed by atoms with E-state index in [1.54, 1.807) is 24.3 Å². The largest absolute Gasteiger partial charge is 0.283 e. The molecule has 144 valence electrons. The van der Waals surface area contributed by atoms with Gasteiger partial charge in [-0.15, -0.1) is 0 Å². The van der Waals surface area contributed by atoms with E-state index in [4.69, 9.17) is 11.6 Å². The third-order valence-electron chi connectivity index (χ3n) is 4.10. The van der Waals surface area contributed by atoms with Gasteiger partial charge in [0.2, 0.25) is 0 Å². The van der Waals surface area contributed by atoms with Crippen LogP contribution in [-0.4, -0.2) is 30.3 Å². The van der Waals surface area contributed by atoms with Crippen LogP contribution in [0.3, 0.4) is 0 Å². The van der Waals surface area contributed by atoms with E-state index in [1.165, 1.54) is 35.1 Å². The number of hydrogen-bond donors (Lipinski definition) is 1. The topological polar surface area (TPSA) is 125 Å². The second-order valence-electron chi connectivity index (χ2n) is 5.94. The molecule has 0 spiro atoms. The molecule has 11 heteroatoms. The average Bonchev–Trinajstić information content (AvgIpc) is 3.15. The Kier molecular flexibility index (Phi) is 4.53. The van der Waals surface area contributed by atoms with Crippen LogP contribution in [0.5, 0.6) is 0 Å². The molecule has 4 rings (SSSR count). The SMILES string of the molecule is O=C(Nn1cnc2c(cnn2-c2cccc(Cl)c2)c1=O)c1ccc([N+](=O)[O-])cc1. The van der Waals surface area contributed by atoms with Crippen molar-refractivity contribution >= 4 is 34.2 Å². The number of rotatable bonds is 4. The second-order valence-corrected chi connectivity index (χ2v) is 6.37. The minimum Gasteiger partial charge on any atom is -0.267 e. The van der Waals surface area contributed by atoms with Gasteiger partial charge in [-0.25, -0.2) is 14.3 Å². The summed E-state index contributed by atoms with van der Waals surface area (Å²) >= 11 is 6.00. The predicted octanol–water partition coefficient (Wildman–Crippen LogP) is 2.53. The van der Waals surface area contributed by atoms with Crippen molar-refractivity contribution in [1.29, 1.82) is 0 Å². The van der Waals surface area contributed by atoms with Crippen LogP contribution in [0, 0.1) is 10.1 Å². The van der Waals surface area contributed by atoms with Crippen LogP contribution in [0.1, 0.15) is 10.4 Å². The fraction of sp³-hybridized carbons (Fsp3) is 0. The number of nitrogens with zero attached hydrogens (tertiary/aromatic N) is 5. The molecular weight excluding hydrogens is 400 g/mol. The molecule has 4 aromatic rings. The lowest BCUT2D eigenvalue weighted by molar-refractivity contribution is -0.384. The van der Waals surface area contributed by atoms with E-state index in [0.29, 0.717) is 16.4 Å². The van der Waals surface area contributed by atoms with E-state index in [1.807, 2.05) is 0 Å². The molecule has 0 unspecified atom stereocenters. The lowest BCUT2D eigenvalue weighted by Gasteiger charge is -2.08. The fourth-order valence-corrected chi connectivity index (χ4v) is 2.88. The number of benzene rings is 2. The molecule has 0 radical (unpaired) electrons. The number of amides is 1. The van der Waals surface area contributed by atoms with Gasteiger partial charge in [0.05, 0.1) is 16.8 Å². The Morgan fingerprint density at radius 1 is 1.17 bits per heavy atom. The number of carbonyl (C=O) groups excluding carboxylic acids is 1. The van der Waals surface area contributed by atoms with E-state index in [9.17, 15) is 19.7 Å². The number of non-ortho nitro benzene ring substituents is 1. The second kappa shape index (κ2) is 7.17. The maximum absolute atomic E-state index is 12.7. The first kappa shape index (κ1) is 18.3. The molecule has 0 aliphatic heterocycles. The molecule has 1 amide bonds. The first-order chi connectivity index (χ1) is 13.9. The van der Waals surface area contributed by atoms with Gasteiger partial charge in [0.25, 0.3) is 17.2 Å². The fourth-order valence-electron chi connectivity index (χ4n) is 2.70. The van der Waals surface area contributed by atoms with E-state index in [-0.39, 0.29) is 16.6 Å². The lowest BCUT2D eigenvalue weighted by atomic mass is 10.2. The minimum atomic E-state index is -0.620. The van der Waals surface area contributed by atoms with Crippen LogP contribution in [0.4, 0.5) is 5.69 Å². The zero-order valence-corrected chi connectivity index (χ0v) is 15.3. The number of carbonyl (C=O) groups is 1. The summed E-state index contributed by atoms with van der Waals surface area (Å²) in [6.45, 7) is 0. The Bertz CT molecular complexity index is 1310. The van der Waals surface area contributed by atoms with Crippen LogP contribution in [0.2, 0.25) is 5.02 Å². The van der Waals surface area contributed by atoms with Crippen molar-refractivity contribution in [3.63, 3.8) is 0 Å². The first-order valence-corrected chi connectivity index (χ1v) is 8.59. The molecule has 0 bridgehead atoms. The smallest absolute Gasteiger partial charge is 0.267 e. The van der Waals surface area contributed by atoms with E-state index >= 15 is 0 Å². The highest BCUT2D eigenvalue weighted by atomic mass is 35.5. The monoisotopic (exact) mass is 410 g/mol. The normalized spacial score (nSPS) is 10.8. The molecule has 0 aliphatic carbocycles. The third kappa shape index (κ3) is 3.44. The van der Waals surface area contributed by atoms with Crippen molar-refractivity contribution in [2.75, 3.05) is 5.43 Å². The molecule has 2 heterocycles. The quantitative estimate of drug-likeness (QED) is 0.407. The van der Waals surface area contributed by atoms with Gasteiger partial charge in [-0.05, 0) is 30.3 Å². The summed E-state index contributed by atoms with van der Waals surface area (Å²) in [4.78, 5) is 39.4. The molecule has 0 saturated carbocycles. The van der Waals surface area contributed by atoms with Crippen molar-refractivity contribution < 1.29 is 9.72 Å². The summed E-state index contributed by atoms with van der Waals surface area (Å²) in [5.74, 6) is -0.620. The van der Waals surface area contributed by atoms with Crippen LogP contribution in [0.15, 0.2) is 65.8 Å². The lowest BCUT2D eigenvalue weighted by Crippen LogP contribution is -2.33. The zero-order chi connectivity index (χ0) is 20.5. The standard InChI is InChI=1S/C18H11ClN6O4/c19-12-2-1-3-14(8-12)24-16-15(9-21-24)18(27)23(10-20-16)22-17(26)11-4-6-13(7-5-11)25(28)29/h1-10H,(H,22,26). The van der Waals surface area contributed by atoms with Gasteiger partial charge < -0.3 is 0 Å². The van der Waals surface area contributed by atoms with Gasteiger partial charge >= 0.3 is 0 Å². The molecule has 29 heavy (non-hydrogen) atoms. The van der Waals surface area contributed by atoms with Gasteiger partial charge in [-0.1, -0.05) is 17.7 Å². The van der Waals surface area contributed by atoms with Crippen molar-refractivity contribution in [2.24, 2.45) is 0 Å². The highest BCUT2D eigenvalue weighted by molar-refractivity contribution is 6.30. The summed E-state index contributed by atoms with van der Waals surface area (Å²) in [5.41, 5.74) is 2.81. The van der Waals surface area contributed by atoms with Crippen LogP contribution >= 0.6 is 11.6 Å². The Labute approximate surface area is 167 Å². The first-order valence-electron chi connectivity index (χ1n) is 8.21. The number of aromatic nitrogens is 4. The van der Waals surface area contributed by atoms with Crippen LogP contribution in [0.25, 0.3) is 16.7 Å². The van der Waals surface area contributed by atoms with Gasteiger partial charge in [0.1, 0.15) is 11.7 Å². The average molecular weight is 411 g/mol. The summed E-state index contributed by atoms with van der Waals surface area (Å²) in [7, 11) is 0. The Hall–Kier alpha value is -4.05. The van der Waals surface area contributed by atoms with Gasteiger partial charge in [0, 0.05) is 22.7 Å². The molecule has 0 fully saturated rings. The molecule has 10 nitrogen and oxygen atoms in total. The number of nitro groups is 1. The highest BCUT2D eigenvalue weighted by Gasteiger charge is 2.14. The third-order valence-corrected chi connectivity index (χ3v) is 4.34. The number of hydrogen-bond acceptors (Lipinski definition) is 6. The van der Waals surface area contributed by atoms with Crippen LogP contribution in [-0.2, 0) is 0 Å². The molecule has 0 atom stereocenters. The van der Waals surface area contributed by atoms with E-state index in [2.05, 4.69) is 15.5 Å². The molecule has 1 N–H and O–H groups in total. The predicted molar refractivity (Wildman–Crippen MR) is 105 cm³/mol. The molecule has 2 aromatic heterocycles. The Morgan fingerprint density at radius 2 is 1.93 bits per heavy atom. The van der Waals surface area contributed by atoms with Crippen molar-refractivity contribution in [3.8, 4) is 5.69 Å².